The van der Waals surface area contributed by atoms with Crippen LogP contribution in [-0.2, 0) is 16.4 Å². The Morgan fingerprint density at radius 2 is 1.62 bits per heavy atom. The predicted octanol–water partition coefficient (Wildman–Crippen LogP) is 3.12. The molecule has 0 fully saturated rings. The van der Waals surface area contributed by atoms with Crippen LogP contribution >= 0.6 is 0 Å². The molecule has 3 nitrogen and oxygen atoms in total. The van der Waals surface area contributed by atoms with Crippen LogP contribution in [0.4, 0.5) is 18.9 Å². The van der Waals surface area contributed by atoms with Gasteiger partial charge in [0.2, 0.25) is 0 Å². The molecule has 2 aromatic rings. The maximum absolute atomic E-state index is 13.6. The van der Waals surface area contributed by atoms with E-state index in [1.165, 1.54) is 6.07 Å². The molecule has 0 unspecified atom stereocenters. The van der Waals surface area contributed by atoms with E-state index in [1.807, 2.05) is 0 Å². The normalized spacial score (nSPS) is 11.4. The average Bonchev–Trinajstić information content (AvgIpc) is 2.40. The highest BCUT2D eigenvalue weighted by atomic mass is 32.2. The molecular formula is C14H12F3NO2S. The fourth-order valence-corrected chi connectivity index (χ4v) is 2.36. The van der Waals surface area contributed by atoms with E-state index in [2.05, 4.69) is 5.32 Å². The van der Waals surface area contributed by atoms with Crippen molar-refractivity contribution in [3.05, 3.63) is 59.4 Å². The molecule has 7 heteroatoms. The summed E-state index contributed by atoms with van der Waals surface area (Å²) >= 11 is 0. The van der Waals surface area contributed by atoms with Crippen LogP contribution in [0.5, 0.6) is 0 Å². The van der Waals surface area contributed by atoms with Crippen LogP contribution in [0.25, 0.3) is 0 Å². The molecule has 0 spiro atoms. The second-order valence-electron chi connectivity index (χ2n) is 4.52. The second kappa shape index (κ2) is 5.77. The van der Waals surface area contributed by atoms with Gasteiger partial charge in [-0.2, -0.15) is 0 Å². The van der Waals surface area contributed by atoms with Crippen LogP contribution in [0.2, 0.25) is 0 Å². The first-order valence-corrected chi connectivity index (χ1v) is 7.84. The fourth-order valence-electron chi connectivity index (χ4n) is 1.72. The molecule has 0 atom stereocenters. The second-order valence-corrected chi connectivity index (χ2v) is 6.53. The molecule has 112 valence electrons. The molecule has 0 heterocycles. The van der Waals surface area contributed by atoms with Gasteiger partial charge in [-0.25, -0.2) is 21.6 Å². The lowest BCUT2D eigenvalue weighted by Crippen LogP contribution is -2.04. The monoisotopic (exact) mass is 315 g/mol. The van der Waals surface area contributed by atoms with Crippen molar-refractivity contribution in [2.24, 2.45) is 0 Å². The van der Waals surface area contributed by atoms with Gasteiger partial charge in [-0.05, 0) is 35.9 Å². The highest BCUT2D eigenvalue weighted by molar-refractivity contribution is 7.90. The van der Waals surface area contributed by atoms with Crippen molar-refractivity contribution < 1.29 is 21.6 Å². The molecule has 1 N–H and O–H groups in total. The fraction of sp³-hybridized carbons (Fsp3) is 0.143. The SMILES string of the molecule is CS(=O)(=O)c1ccc(F)c(NCc2ccc(F)c(F)c2)c1. The minimum Gasteiger partial charge on any atom is -0.379 e. The van der Waals surface area contributed by atoms with Crippen LogP contribution in [0.1, 0.15) is 5.56 Å². The molecular weight excluding hydrogens is 303 g/mol. The number of nitrogens with one attached hydrogen (secondary N) is 1. The maximum Gasteiger partial charge on any atom is 0.175 e. The zero-order valence-electron chi connectivity index (χ0n) is 11.0. The highest BCUT2D eigenvalue weighted by Crippen LogP contribution is 2.20. The smallest absolute Gasteiger partial charge is 0.175 e. The van der Waals surface area contributed by atoms with E-state index in [1.54, 1.807) is 0 Å². The summed E-state index contributed by atoms with van der Waals surface area (Å²) in [6, 6.07) is 6.65. The van der Waals surface area contributed by atoms with Crippen molar-refractivity contribution in [3.63, 3.8) is 0 Å². The topological polar surface area (TPSA) is 46.2 Å². The highest BCUT2D eigenvalue weighted by Gasteiger charge is 2.11. The third kappa shape index (κ3) is 3.75. The number of halogens is 3. The van der Waals surface area contributed by atoms with E-state index in [0.717, 1.165) is 36.6 Å². The summed E-state index contributed by atoms with van der Waals surface area (Å²) in [7, 11) is -3.45. The largest absolute Gasteiger partial charge is 0.379 e. The van der Waals surface area contributed by atoms with Gasteiger partial charge in [0.05, 0.1) is 10.6 Å². The number of rotatable bonds is 4. The first-order chi connectivity index (χ1) is 9.77. The standard InChI is InChI=1S/C14H12F3NO2S/c1-21(19,20)10-3-5-12(16)14(7-10)18-8-9-2-4-11(15)13(17)6-9/h2-7,18H,8H2,1H3. The van der Waals surface area contributed by atoms with Gasteiger partial charge in [0.15, 0.2) is 21.5 Å². The maximum atomic E-state index is 13.6. The van der Waals surface area contributed by atoms with Crippen molar-refractivity contribution in [2.75, 3.05) is 11.6 Å². The Bertz CT molecular complexity index is 776. The summed E-state index contributed by atoms with van der Waals surface area (Å²) in [4.78, 5) is -0.0308. The average molecular weight is 315 g/mol. The molecule has 0 aliphatic heterocycles. The molecule has 21 heavy (non-hydrogen) atoms. The zero-order valence-corrected chi connectivity index (χ0v) is 11.8. The summed E-state index contributed by atoms with van der Waals surface area (Å²) in [5.41, 5.74) is 0.376. The molecule has 0 saturated heterocycles. The number of benzene rings is 2. The summed E-state index contributed by atoms with van der Waals surface area (Å²) in [6.45, 7) is 0.0291. The van der Waals surface area contributed by atoms with Crippen molar-refractivity contribution in [2.45, 2.75) is 11.4 Å². The Hall–Kier alpha value is -2.02. The minimum atomic E-state index is -3.45. The lowest BCUT2D eigenvalue weighted by Gasteiger charge is -2.09. The van der Waals surface area contributed by atoms with Gasteiger partial charge in [-0.15, -0.1) is 0 Å². The molecule has 0 amide bonds. The quantitative estimate of drug-likeness (QED) is 0.882. The number of hydrogen-bond donors (Lipinski definition) is 1. The van der Waals surface area contributed by atoms with E-state index < -0.39 is 27.3 Å². The summed E-state index contributed by atoms with van der Waals surface area (Å²) in [5.74, 6) is -2.60. The van der Waals surface area contributed by atoms with Crippen molar-refractivity contribution in [1.82, 2.24) is 0 Å². The van der Waals surface area contributed by atoms with Crippen molar-refractivity contribution >= 4 is 15.5 Å². The Labute approximate surface area is 120 Å². The number of anilines is 1. The minimum absolute atomic E-state index is 0.0253. The summed E-state index contributed by atoms with van der Waals surface area (Å²) in [5, 5.41) is 2.66. The van der Waals surface area contributed by atoms with Gasteiger partial charge in [-0.3, -0.25) is 0 Å². The van der Waals surface area contributed by atoms with E-state index in [0.29, 0.717) is 5.56 Å². The van der Waals surface area contributed by atoms with Gasteiger partial charge in [0.1, 0.15) is 5.82 Å². The van der Waals surface area contributed by atoms with Crippen LogP contribution < -0.4 is 5.32 Å². The third-order valence-corrected chi connectivity index (χ3v) is 3.94. The van der Waals surface area contributed by atoms with E-state index in [9.17, 15) is 21.6 Å². The van der Waals surface area contributed by atoms with Gasteiger partial charge in [0, 0.05) is 12.8 Å². The van der Waals surface area contributed by atoms with Crippen LogP contribution in [-0.4, -0.2) is 14.7 Å². The molecule has 0 radical (unpaired) electrons. The van der Waals surface area contributed by atoms with Crippen molar-refractivity contribution in [1.29, 1.82) is 0 Å². The van der Waals surface area contributed by atoms with E-state index >= 15 is 0 Å². The Balaban J connectivity index is 2.21. The number of hydrogen-bond acceptors (Lipinski definition) is 3. The molecule has 0 aliphatic carbocycles. The van der Waals surface area contributed by atoms with Gasteiger partial charge < -0.3 is 5.32 Å². The van der Waals surface area contributed by atoms with E-state index in [4.69, 9.17) is 0 Å². The van der Waals surface area contributed by atoms with Crippen LogP contribution in [0.3, 0.4) is 0 Å². The zero-order chi connectivity index (χ0) is 15.6. The number of sulfone groups is 1. The molecule has 2 aromatic carbocycles. The Morgan fingerprint density at radius 1 is 0.952 bits per heavy atom. The summed E-state index contributed by atoms with van der Waals surface area (Å²) in [6.07, 6.45) is 1.01. The first-order valence-electron chi connectivity index (χ1n) is 5.95. The third-order valence-electron chi connectivity index (χ3n) is 2.83. The summed E-state index contributed by atoms with van der Waals surface area (Å²) < 4.78 is 62.3. The molecule has 0 aromatic heterocycles. The molecule has 0 saturated carbocycles. The lowest BCUT2D eigenvalue weighted by atomic mass is 10.2. The lowest BCUT2D eigenvalue weighted by molar-refractivity contribution is 0.507. The first kappa shape index (κ1) is 15.4. The molecule has 2 rings (SSSR count). The Morgan fingerprint density at radius 3 is 2.24 bits per heavy atom. The van der Waals surface area contributed by atoms with Gasteiger partial charge in [0.25, 0.3) is 0 Å². The Kier molecular flexibility index (Phi) is 4.22. The predicted molar refractivity (Wildman–Crippen MR) is 73.2 cm³/mol. The van der Waals surface area contributed by atoms with Gasteiger partial charge >= 0.3 is 0 Å². The molecule has 0 aliphatic rings. The van der Waals surface area contributed by atoms with Crippen LogP contribution in [0, 0.1) is 17.5 Å². The van der Waals surface area contributed by atoms with Crippen LogP contribution in [0.15, 0.2) is 41.3 Å². The van der Waals surface area contributed by atoms with Gasteiger partial charge in [-0.1, -0.05) is 6.07 Å². The molecule has 0 bridgehead atoms. The van der Waals surface area contributed by atoms with E-state index in [-0.39, 0.29) is 17.1 Å². The van der Waals surface area contributed by atoms with Crippen molar-refractivity contribution in [3.8, 4) is 0 Å².